The number of rotatable bonds is 6. The molecule has 0 aliphatic rings. The quantitative estimate of drug-likeness (QED) is 0.556. The third kappa shape index (κ3) is 5.37. The summed E-state index contributed by atoms with van der Waals surface area (Å²) in [6.45, 7) is 5.91. The molecule has 0 atom stereocenters. The Hall–Kier alpha value is -2.41. The van der Waals surface area contributed by atoms with Gasteiger partial charge >= 0.3 is 0 Å². The van der Waals surface area contributed by atoms with Crippen LogP contribution in [0, 0.1) is 6.92 Å². The van der Waals surface area contributed by atoms with Gasteiger partial charge in [-0.25, -0.2) is 9.98 Å². The highest BCUT2D eigenvalue weighted by Gasteiger charge is 2.03. The topological polar surface area (TPSA) is 92.4 Å². The molecule has 0 aliphatic heterocycles. The molecule has 23 heavy (non-hydrogen) atoms. The summed E-state index contributed by atoms with van der Waals surface area (Å²) in [6.07, 6.45) is 1.86. The smallest absolute Gasteiger partial charge is 0.248 e. The molecule has 6 nitrogen and oxygen atoms in total. The first-order valence-electron chi connectivity index (χ1n) is 7.40. The number of aliphatic imine (C=N–C) groups is 1. The van der Waals surface area contributed by atoms with E-state index in [4.69, 9.17) is 5.73 Å². The monoisotopic (exact) mass is 331 g/mol. The van der Waals surface area contributed by atoms with Crippen LogP contribution in [0.4, 0.5) is 0 Å². The third-order valence-corrected chi connectivity index (χ3v) is 3.96. The van der Waals surface area contributed by atoms with Gasteiger partial charge in [0.25, 0.3) is 0 Å². The second-order valence-electron chi connectivity index (χ2n) is 4.98. The molecule has 2 rings (SSSR count). The van der Waals surface area contributed by atoms with E-state index < -0.39 is 5.91 Å². The Morgan fingerprint density at radius 2 is 2.22 bits per heavy atom. The molecule has 0 aliphatic carbocycles. The van der Waals surface area contributed by atoms with Crippen LogP contribution in [-0.2, 0) is 13.1 Å². The van der Waals surface area contributed by atoms with Gasteiger partial charge in [0.1, 0.15) is 5.01 Å². The van der Waals surface area contributed by atoms with E-state index in [1.807, 2.05) is 32.2 Å². The predicted octanol–water partition coefficient (Wildman–Crippen LogP) is 1.81. The summed E-state index contributed by atoms with van der Waals surface area (Å²) >= 11 is 1.66. The molecule has 4 N–H and O–H groups in total. The number of hydrogen-bond acceptors (Lipinski definition) is 4. The number of hydrogen-bond donors (Lipinski definition) is 3. The molecule has 122 valence electrons. The number of carbonyl (C=O) groups is 1. The van der Waals surface area contributed by atoms with Crippen LogP contribution in [0.15, 0.2) is 35.5 Å². The third-order valence-electron chi connectivity index (χ3n) is 3.05. The number of amides is 1. The van der Waals surface area contributed by atoms with Gasteiger partial charge in [-0.2, -0.15) is 0 Å². The van der Waals surface area contributed by atoms with E-state index in [-0.39, 0.29) is 0 Å². The maximum atomic E-state index is 11.2. The molecule has 0 fully saturated rings. The molecular weight excluding hydrogens is 310 g/mol. The second kappa shape index (κ2) is 8.28. The van der Waals surface area contributed by atoms with Crippen LogP contribution in [0.5, 0.6) is 0 Å². The van der Waals surface area contributed by atoms with Crippen LogP contribution >= 0.6 is 11.3 Å². The highest BCUT2D eigenvalue weighted by atomic mass is 32.1. The van der Waals surface area contributed by atoms with Gasteiger partial charge < -0.3 is 16.4 Å². The second-order valence-corrected chi connectivity index (χ2v) is 6.30. The first-order valence-corrected chi connectivity index (χ1v) is 8.22. The van der Waals surface area contributed by atoms with Crippen molar-refractivity contribution in [1.82, 2.24) is 15.6 Å². The van der Waals surface area contributed by atoms with Gasteiger partial charge in [0, 0.05) is 23.2 Å². The van der Waals surface area contributed by atoms with Gasteiger partial charge in [0.05, 0.1) is 13.1 Å². The van der Waals surface area contributed by atoms with Gasteiger partial charge in [-0.1, -0.05) is 12.1 Å². The Labute approximate surface area is 139 Å². The first kappa shape index (κ1) is 17.0. The summed E-state index contributed by atoms with van der Waals surface area (Å²) in [6, 6.07) is 7.19. The molecule has 0 unspecified atom stereocenters. The zero-order chi connectivity index (χ0) is 16.7. The summed E-state index contributed by atoms with van der Waals surface area (Å²) < 4.78 is 0. The maximum absolute atomic E-state index is 11.2. The molecular formula is C16H21N5OS. The van der Waals surface area contributed by atoms with Crippen molar-refractivity contribution in [2.75, 3.05) is 6.54 Å². The predicted molar refractivity (Wildman–Crippen MR) is 93.5 cm³/mol. The molecule has 0 saturated carbocycles. The lowest BCUT2D eigenvalue weighted by Gasteiger charge is -2.10. The Morgan fingerprint density at radius 1 is 1.39 bits per heavy atom. The molecule has 7 heteroatoms. The number of guanidine groups is 1. The van der Waals surface area contributed by atoms with Crippen LogP contribution in [0.3, 0.4) is 0 Å². The number of thiazole rings is 1. The fourth-order valence-electron chi connectivity index (χ4n) is 1.98. The SMILES string of the molecule is CCNC(=NCc1cccc(C(N)=O)c1)NCc1ncc(C)s1. The normalized spacial score (nSPS) is 11.3. The Kier molecular flexibility index (Phi) is 6.10. The average Bonchev–Trinajstić information content (AvgIpc) is 2.96. The summed E-state index contributed by atoms with van der Waals surface area (Å²) in [4.78, 5) is 21.2. The largest absolute Gasteiger partial charge is 0.366 e. The summed E-state index contributed by atoms with van der Waals surface area (Å²) in [7, 11) is 0. The molecule has 0 radical (unpaired) electrons. The number of benzene rings is 1. The molecule has 2 aromatic rings. The molecule has 1 aromatic carbocycles. The Bertz CT molecular complexity index is 695. The standard InChI is InChI=1S/C16H21N5OS/c1-3-18-16(21-10-14-19-8-11(2)23-14)20-9-12-5-4-6-13(7-12)15(17)22/h4-8H,3,9-10H2,1-2H3,(H2,17,22)(H2,18,20,21). The van der Waals surface area contributed by atoms with E-state index in [9.17, 15) is 4.79 Å². The molecule has 1 amide bonds. The van der Waals surface area contributed by atoms with Crippen LogP contribution in [0.1, 0.15) is 32.7 Å². The van der Waals surface area contributed by atoms with E-state index in [0.717, 1.165) is 17.1 Å². The summed E-state index contributed by atoms with van der Waals surface area (Å²) in [5.74, 6) is 0.282. The van der Waals surface area contributed by atoms with Crippen molar-refractivity contribution in [2.24, 2.45) is 10.7 Å². The summed E-state index contributed by atoms with van der Waals surface area (Å²) in [5.41, 5.74) is 6.72. The molecule has 1 aromatic heterocycles. The van der Waals surface area contributed by atoms with Gasteiger partial charge in [0.15, 0.2) is 5.96 Å². The number of aryl methyl sites for hydroxylation is 1. The molecule has 0 saturated heterocycles. The Balaban J connectivity index is 2.00. The van der Waals surface area contributed by atoms with Gasteiger partial charge in [-0.3, -0.25) is 4.79 Å². The van der Waals surface area contributed by atoms with E-state index in [2.05, 4.69) is 20.6 Å². The van der Waals surface area contributed by atoms with Crippen molar-refractivity contribution < 1.29 is 4.79 Å². The van der Waals surface area contributed by atoms with Gasteiger partial charge in [-0.15, -0.1) is 11.3 Å². The lowest BCUT2D eigenvalue weighted by atomic mass is 10.1. The van der Waals surface area contributed by atoms with Crippen LogP contribution < -0.4 is 16.4 Å². The minimum Gasteiger partial charge on any atom is -0.366 e. The average molecular weight is 331 g/mol. The van der Waals surface area contributed by atoms with Crippen LogP contribution in [0.25, 0.3) is 0 Å². The van der Waals surface area contributed by atoms with Crippen molar-refractivity contribution in [3.63, 3.8) is 0 Å². The highest BCUT2D eigenvalue weighted by Crippen LogP contribution is 2.10. The number of nitrogens with two attached hydrogens (primary N) is 1. The highest BCUT2D eigenvalue weighted by molar-refractivity contribution is 7.11. The molecule has 1 heterocycles. The van der Waals surface area contributed by atoms with Crippen LogP contribution in [0.2, 0.25) is 0 Å². The van der Waals surface area contributed by atoms with E-state index in [1.54, 1.807) is 23.5 Å². The Morgan fingerprint density at radius 3 is 2.87 bits per heavy atom. The lowest BCUT2D eigenvalue weighted by Crippen LogP contribution is -2.36. The number of carbonyl (C=O) groups excluding carboxylic acids is 1. The number of nitrogens with one attached hydrogen (secondary N) is 2. The van der Waals surface area contributed by atoms with Crippen molar-refractivity contribution in [3.05, 3.63) is 51.5 Å². The fraction of sp³-hybridized carbons (Fsp3) is 0.312. The lowest BCUT2D eigenvalue weighted by molar-refractivity contribution is 0.1000. The van der Waals surface area contributed by atoms with E-state index in [0.29, 0.717) is 24.6 Å². The fourth-order valence-corrected chi connectivity index (χ4v) is 2.70. The number of aromatic nitrogens is 1. The minimum absolute atomic E-state index is 0.431. The summed E-state index contributed by atoms with van der Waals surface area (Å²) in [5, 5.41) is 7.46. The van der Waals surface area contributed by atoms with E-state index >= 15 is 0 Å². The van der Waals surface area contributed by atoms with Crippen molar-refractivity contribution in [1.29, 1.82) is 0 Å². The van der Waals surface area contributed by atoms with Crippen molar-refractivity contribution in [3.8, 4) is 0 Å². The van der Waals surface area contributed by atoms with Gasteiger partial charge in [0.2, 0.25) is 5.91 Å². The zero-order valence-corrected chi connectivity index (χ0v) is 14.1. The van der Waals surface area contributed by atoms with Crippen LogP contribution in [-0.4, -0.2) is 23.4 Å². The minimum atomic E-state index is -0.431. The maximum Gasteiger partial charge on any atom is 0.248 e. The molecule has 0 bridgehead atoms. The number of primary amides is 1. The zero-order valence-electron chi connectivity index (χ0n) is 13.3. The first-order chi connectivity index (χ1) is 11.1. The number of nitrogens with zero attached hydrogens (tertiary/aromatic N) is 2. The van der Waals surface area contributed by atoms with Crippen molar-refractivity contribution >= 4 is 23.2 Å². The van der Waals surface area contributed by atoms with Crippen molar-refractivity contribution in [2.45, 2.75) is 26.9 Å². The molecule has 0 spiro atoms. The van der Waals surface area contributed by atoms with E-state index in [1.165, 1.54) is 4.88 Å². The van der Waals surface area contributed by atoms with Gasteiger partial charge in [-0.05, 0) is 31.5 Å².